The van der Waals surface area contributed by atoms with Crippen molar-refractivity contribution >= 4 is 5.97 Å². The standard InChI is InChI=1S/C61H96O14/c1-3-5-7-9-11-13-15-17-19-21-23-24-25-26-27-28-30-32-34-36-38-40-42-44-53(63)73-50(47-70-45-43-41-39-37-35-33-31-29-22-20-18-16-14-12-10-8-6-4-2)48-71-60-59(69)57(67)55(65)52(75-60)49-72-61-58(68)56(66)54(64)51(46-62)74-61/h5-8,11-14,17-20,23-24,26-27,29-32,35,37,50-52,54-62,64-69H,3-4,9-10,15-16,21-22,25,28,33-34,36,38-49H2,1-2H3/b7-5-,8-6-,13-11-,14-12-,19-17-,20-18-,24-23-,27-26-,31-29-,32-30-,37-35-. The SMILES string of the molecule is CC/C=C\C/C=C\C/C=C\C/C=C\C/C=C\C/C=C\CCCCCCC(=O)OC(COCCCC/C=C\C/C=C\C/C=C\C/C=C\C/C=C\CC)COC1OC(COC2OC(CO)C(O)C(O)C2O)C(O)C(O)C1O. The Balaban J connectivity index is 1.78. The molecule has 7 N–H and O–H groups in total. The molecule has 0 aromatic carbocycles. The van der Waals surface area contributed by atoms with Crippen LogP contribution in [0.5, 0.6) is 0 Å². The summed E-state index contributed by atoms with van der Waals surface area (Å²) in [6, 6.07) is 0. The number of allylic oxidation sites excluding steroid dienone is 22. The Bertz CT molecular complexity index is 1740. The lowest BCUT2D eigenvalue weighted by Crippen LogP contribution is -2.61. The van der Waals surface area contributed by atoms with Gasteiger partial charge in [-0.1, -0.05) is 160 Å². The molecule has 424 valence electrons. The lowest BCUT2D eigenvalue weighted by molar-refractivity contribution is -0.332. The van der Waals surface area contributed by atoms with Gasteiger partial charge in [0.2, 0.25) is 0 Å². The zero-order valence-electron chi connectivity index (χ0n) is 45.2. The average Bonchev–Trinajstić information content (AvgIpc) is 3.41. The van der Waals surface area contributed by atoms with E-state index < -0.39 is 86.7 Å². The zero-order valence-corrected chi connectivity index (χ0v) is 45.2. The molecule has 0 aromatic heterocycles. The molecule has 75 heavy (non-hydrogen) atoms. The highest BCUT2D eigenvalue weighted by atomic mass is 16.7. The topological polar surface area (TPSA) is 214 Å². The summed E-state index contributed by atoms with van der Waals surface area (Å²) < 4.78 is 34.2. The average molecular weight is 1050 g/mol. The number of hydrogen-bond acceptors (Lipinski definition) is 14. The number of rotatable bonds is 42. The molecule has 0 radical (unpaired) electrons. The summed E-state index contributed by atoms with van der Waals surface area (Å²) in [5.74, 6) is -0.422. The first kappa shape index (κ1) is 67.2. The van der Waals surface area contributed by atoms with E-state index in [0.29, 0.717) is 13.0 Å². The predicted octanol–water partition coefficient (Wildman–Crippen LogP) is 9.52. The quantitative estimate of drug-likeness (QED) is 0.0172. The third-order valence-electron chi connectivity index (χ3n) is 12.2. The summed E-state index contributed by atoms with van der Waals surface area (Å²) in [6.45, 7) is 3.27. The molecule has 0 saturated carbocycles. The lowest BCUT2D eigenvalue weighted by atomic mass is 9.98. The lowest BCUT2D eigenvalue weighted by Gasteiger charge is -2.42. The minimum atomic E-state index is -1.73. The molecular weight excluding hydrogens is 957 g/mol. The molecule has 0 bridgehead atoms. The number of aliphatic hydroxyl groups excluding tert-OH is 7. The maximum atomic E-state index is 13.1. The third kappa shape index (κ3) is 33.1. The van der Waals surface area contributed by atoms with Crippen LogP contribution in [0, 0.1) is 0 Å². The summed E-state index contributed by atoms with van der Waals surface area (Å²) in [5.41, 5.74) is 0. The summed E-state index contributed by atoms with van der Waals surface area (Å²) in [5, 5.41) is 72.3. The predicted molar refractivity (Wildman–Crippen MR) is 297 cm³/mol. The minimum absolute atomic E-state index is 0.0109. The second-order valence-electron chi connectivity index (χ2n) is 18.6. The van der Waals surface area contributed by atoms with Gasteiger partial charge in [-0.15, -0.1) is 0 Å². The first-order valence-corrected chi connectivity index (χ1v) is 27.8. The minimum Gasteiger partial charge on any atom is -0.457 e. The van der Waals surface area contributed by atoms with Crippen LogP contribution in [0.15, 0.2) is 134 Å². The Morgan fingerprint density at radius 2 is 0.827 bits per heavy atom. The van der Waals surface area contributed by atoms with Gasteiger partial charge in [0, 0.05) is 13.0 Å². The number of esters is 1. The van der Waals surface area contributed by atoms with Crippen molar-refractivity contribution in [3.63, 3.8) is 0 Å². The van der Waals surface area contributed by atoms with Crippen LogP contribution in [0.2, 0.25) is 0 Å². The van der Waals surface area contributed by atoms with Crippen LogP contribution in [0.3, 0.4) is 0 Å². The molecule has 0 spiro atoms. The highest BCUT2D eigenvalue weighted by molar-refractivity contribution is 5.69. The van der Waals surface area contributed by atoms with Crippen LogP contribution in [0.25, 0.3) is 0 Å². The normalized spacial score (nSPS) is 25.7. The number of hydrogen-bond donors (Lipinski definition) is 7. The van der Waals surface area contributed by atoms with Crippen LogP contribution in [-0.4, -0.2) is 142 Å². The van der Waals surface area contributed by atoms with E-state index in [2.05, 4.69) is 148 Å². The van der Waals surface area contributed by atoms with E-state index in [9.17, 15) is 40.5 Å². The first-order valence-electron chi connectivity index (χ1n) is 27.8. The van der Waals surface area contributed by atoms with Gasteiger partial charge < -0.3 is 64.2 Å². The maximum absolute atomic E-state index is 13.1. The summed E-state index contributed by atoms with van der Waals surface area (Å²) in [4.78, 5) is 13.1. The fourth-order valence-electron chi connectivity index (χ4n) is 7.72. The van der Waals surface area contributed by atoms with Gasteiger partial charge in [0.15, 0.2) is 12.6 Å². The number of aliphatic hydroxyl groups is 7. The van der Waals surface area contributed by atoms with Gasteiger partial charge in [-0.2, -0.15) is 0 Å². The molecule has 2 aliphatic heterocycles. The fraction of sp³-hybridized carbons (Fsp3) is 0.623. The van der Waals surface area contributed by atoms with Gasteiger partial charge in [0.05, 0.1) is 26.4 Å². The van der Waals surface area contributed by atoms with Crippen molar-refractivity contribution in [2.45, 2.75) is 210 Å². The Hall–Kier alpha value is -3.87. The van der Waals surface area contributed by atoms with Gasteiger partial charge in [-0.25, -0.2) is 0 Å². The van der Waals surface area contributed by atoms with E-state index in [1.165, 1.54) is 0 Å². The smallest absolute Gasteiger partial charge is 0.306 e. The first-order chi connectivity index (χ1) is 36.6. The Kier molecular flexibility index (Phi) is 41.5. The van der Waals surface area contributed by atoms with Crippen LogP contribution in [0.4, 0.5) is 0 Å². The summed E-state index contributed by atoms with van der Waals surface area (Å²) in [6.07, 6.45) is 49.4. The molecule has 2 heterocycles. The second-order valence-corrected chi connectivity index (χ2v) is 18.6. The van der Waals surface area contributed by atoms with E-state index in [1.807, 2.05) is 0 Å². The molecule has 14 nitrogen and oxygen atoms in total. The van der Waals surface area contributed by atoms with E-state index in [1.54, 1.807) is 0 Å². The van der Waals surface area contributed by atoms with E-state index in [-0.39, 0.29) is 19.6 Å². The monoisotopic (exact) mass is 1050 g/mol. The molecule has 2 aliphatic rings. The Labute approximate surface area is 449 Å². The van der Waals surface area contributed by atoms with E-state index in [0.717, 1.165) is 116 Å². The molecule has 11 unspecified atom stereocenters. The molecular formula is C61H96O14. The molecule has 14 heteroatoms. The molecule has 11 atom stereocenters. The molecule has 2 rings (SSSR count). The highest BCUT2D eigenvalue weighted by Crippen LogP contribution is 2.26. The van der Waals surface area contributed by atoms with Gasteiger partial charge in [-0.3, -0.25) is 4.79 Å². The Morgan fingerprint density at radius 1 is 0.440 bits per heavy atom. The van der Waals surface area contributed by atoms with Crippen LogP contribution >= 0.6 is 0 Å². The molecule has 0 amide bonds. The van der Waals surface area contributed by atoms with Crippen molar-refractivity contribution in [1.29, 1.82) is 0 Å². The number of carbonyl (C=O) groups excluding carboxylic acids is 1. The molecule has 0 aliphatic carbocycles. The van der Waals surface area contributed by atoms with Gasteiger partial charge in [0.1, 0.15) is 54.9 Å². The van der Waals surface area contributed by atoms with Crippen LogP contribution in [-0.2, 0) is 33.2 Å². The van der Waals surface area contributed by atoms with Crippen molar-refractivity contribution in [3.8, 4) is 0 Å². The number of ether oxygens (including phenoxy) is 6. The van der Waals surface area contributed by atoms with Crippen LogP contribution < -0.4 is 0 Å². The fourth-order valence-corrected chi connectivity index (χ4v) is 7.72. The molecule has 2 saturated heterocycles. The van der Waals surface area contributed by atoms with Gasteiger partial charge >= 0.3 is 5.97 Å². The van der Waals surface area contributed by atoms with Crippen molar-refractivity contribution in [3.05, 3.63) is 134 Å². The second kappa shape index (κ2) is 46.2. The van der Waals surface area contributed by atoms with Crippen LogP contribution in [0.1, 0.15) is 142 Å². The number of carbonyl (C=O) groups is 1. The maximum Gasteiger partial charge on any atom is 0.306 e. The summed E-state index contributed by atoms with van der Waals surface area (Å²) >= 11 is 0. The zero-order chi connectivity index (χ0) is 54.4. The molecule has 2 fully saturated rings. The Morgan fingerprint density at radius 3 is 1.28 bits per heavy atom. The van der Waals surface area contributed by atoms with Gasteiger partial charge in [-0.05, 0) is 109 Å². The highest BCUT2D eigenvalue weighted by Gasteiger charge is 2.47. The van der Waals surface area contributed by atoms with Crippen molar-refractivity contribution < 1.29 is 69.0 Å². The van der Waals surface area contributed by atoms with Crippen molar-refractivity contribution in [2.75, 3.05) is 33.0 Å². The number of unbranched alkanes of at least 4 members (excludes halogenated alkanes) is 6. The van der Waals surface area contributed by atoms with E-state index >= 15 is 0 Å². The van der Waals surface area contributed by atoms with Crippen molar-refractivity contribution in [1.82, 2.24) is 0 Å². The third-order valence-corrected chi connectivity index (χ3v) is 12.2. The van der Waals surface area contributed by atoms with Gasteiger partial charge in [0.25, 0.3) is 0 Å². The van der Waals surface area contributed by atoms with E-state index in [4.69, 9.17) is 28.4 Å². The van der Waals surface area contributed by atoms with Crippen molar-refractivity contribution in [2.24, 2.45) is 0 Å². The summed E-state index contributed by atoms with van der Waals surface area (Å²) in [7, 11) is 0. The largest absolute Gasteiger partial charge is 0.457 e. The molecule has 0 aromatic rings.